The molecule has 5 atom stereocenters. The van der Waals surface area contributed by atoms with E-state index in [1.54, 1.807) is 22.8 Å². The molecular formula is C22H34N2O6. The van der Waals surface area contributed by atoms with Gasteiger partial charge in [0.25, 0.3) is 0 Å². The van der Waals surface area contributed by atoms with Gasteiger partial charge < -0.3 is 24.4 Å². The summed E-state index contributed by atoms with van der Waals surface area (Å²) in [5.74, 6) is -2.17. The molecule has 0 aromatic rings. The Balaban J connectivity index is 1.99. The summed E-state index contributed by atoms with van der Waals surface area (Å²) < 4.78 is 11.6. The standard InChI is InChI=1S/C22H34N2O6/c1-5-11-23(14(3)4)20(27)18-22-10-9-15(30-22)16(21(28)29-6-2)17(22)19(26)24(18)12-7-8-13-25/h5,14-18,25H,1,6-13H2,2-4H3/t15-,16+,17-,18?,22?/m0/s1. The SMILES string of the molecule is C=CCN(C(=O)C1N(CCCCO)C(=O)[C@@H]2[C@H](C(=O)OCC)[C@@H]3CCC12O3)C(C)C. The average molecular weight is 423 g/mol. The number of likely N-dealkylation sites (tertiary alicyclic amines) is 1. The van der Waals surface area contributed by atoms with E-state index in [-0.39, 0.29) is 37.2 Å². The molecule has 3 aliphatic heterocycles. The van der Waals surface area contributed by atoms with Gasteiger partial charge in [0.1, 0.15) is 11.6 Å². The smallest absolute Gasteiger partial charge is 0.312 e. The molecule has 3 heterocycles. The normalized spacial score (nSPS) is 31.9. The molecule has 2 amide bonds. The summed E-state index contributed by atoms with van der Waals surface area (Å²) in [6, 6.07) is -0.847. The molecule has 8 heteroatoms. The lowest BCUT2D eigenvalue weighted by Gasteiger charge is -2.38. The Morgan fingerprint density at radius 2 is 2.17 bits per heavy atom. The molecule has 2 unspecified atom stereocenters. The molecule has 0 saturated carbocycles. The van der Waals surface area contributed by atoms with Crippen LogP contribution in [-0.2, 0) is 23.9 Å². The molecule has 30 heavy (non-hydrogen) atoms. The van der Waals surface area contributed by atoms with E-state index in [1.165, 1.54) is 0 Å². The van der Waals surface area contributed by atoms with Crippen molar-refractivity contribution in [3.63, 3.8) is 0 Å². The lowest BCUT2D eigenvalue weighted by Crippen LogP contribution is -2.57. The second-order valence-corrected chi connectivity index (χ2v) is 8.64. The molecule has 0 radical (unpaired) electrons. The number of ether oxygens (including phenoxy) is 2. The molecule has 168 valence electrons. The fraction of sp³-hybridized carbons (Fsp3) is 0.773. The zero-order valence-corrected chi connectivity index (χ0v) is 18.2. The van der Waals surface area contributed by atoms with Crippen LogP contribution in [0.5, 0.6) is 0 Å². The zero-order valence-electron chi connectivity index (χ0n) is 18.2. The van der Waals surface area contributed by atoms with E-state index in [9.17, 15) is 19.5 Å². The summed E-state index contributed by atoms with van der Waals surface area (Å²) in [6.07, 6.45) is 3.59. The minimum atomic E-state index is -0.996. The Hall–Kier alpha value is -1.93. The highest BCUT2D eigenvalue weighted by atomic mass is 16.6. The molecule has 0 aliphatic carbocycles. The molecule has 2 bridgehead atoms. The minimum Gasteiger partial charge on any atom is -0.466 e. The summed E-state index contributed by atoms with van der Waals surface area (Å²) in [7, 11) is 0. The molecule has 3 saturated heterocycles. The van der Waals surface area contributed by atoms with Crippen molar-refractivity contribution < 1.29 is 29.0 Å². The highest BCUT2D eigenvalue weighted by Gasteiger charge is 2.75. The van der Waals surface area contributed by atoms with Crippen LogP contribution in [0.4, 0.5) is 0 Å². The Kier molecular flexibility index (Phi) is 6.87. The van der Waals surface area contributed by atoms with Crippen molar-refractivity contribution in [1.82, 2.24) is 9.80 Å². The maximum Gasteiger partial charge on any atom is 0.312 e. The number of carbonyl (C=O) groups is 3. The summed E-state index contributed by atoms with van der Waals surface area (Å²) in [4.78, 5) is 43.3. The van der Waals surface area contributed by atoms with Crippen LogP contribution in [0.25, 0.3) is 0 Å². The second kappa shape index (κ2) is 9.06. The van der Waals surface area contributed by atoms with Crippen molar-refractivity contribution in [3.8, 4) is 0 Å². The van der Waals surface area contributed by atoms with E-state index in [4.69, 9.17) is 9.47 Å². The predicted octanol–water partition coefficient (Wildman–Crippen LogP) is 1.12. The molecule has 3 fully saturated rings. The molecule has 0 aromatic heterocycles. The molecule has 3 aliphatic rings. The van der Waals surface area contributed by atoms with E-state index in [1.807, 2.05) is 13.8 Å². The van der Waals surface area contributed by atoms with E-state index in [0.29, 0.717) is 38.8 Å². The van der Waals surface area contributed by atoms with Gasteiger partial charge in [0.15, 0.2) is 0 Å². The van der Waals surface area contributed by atoms with Gasteiger partial charge in [-0.15, -0.1) is 6.58 Å². The molecular weight excluding hydrogens is 388 g/mol. The van der Waals surface area contributed by atoms with Gasteiger partial charge in [-0.1, -0.05) is 6.08 Å². The van der Waals surface area contributed by atoms with Crippen LogP contribution in [-0.4, -0.2) is 82.8 Å². The molecule has 3 rings (SSSR count). The Labute approximate surface area is 178 Å². The number of amides is 2. The number of carbonyl (C=O) groups excluding carboxylic acids is 3. The first-order valence-electron chi connectivity index (χ1n) is 11.0. The number of esters is 1. The monoisotopic (exact) mass is 422 g/mol. The van der Waals surface area contributed by atoms with Crippen LogP contribution in [0.3, 0.4) is 0 Å². The maximum atomic E-state index is 13.7. The van der Waals surface area contributed by atoms with Gasteiger partial charge in [-0.05, 0) is 46.5 Å². The van der Waals surface area contributed by atoms with E-state index in [2.05, 4.69) is 6.58 Å². The lowest BCUT2D eigenvalue weighted by atomic mass is 9.70. The molecule has 0 aromatic carbocycles. The van der Waals surface area contributed by atoms with Crippen molar-refractivity contribution in [1.29, 1.82) is 0 Å². The number of hydrogen-bond donors (Lipinski definition) is 1. The number of fused-ring (bicyclic) bond motifs is 1. The largest absolute Gasteiger partial charge is 0.466 e. The van der Waals surface area contributed by atoms with E-state index >= 15 is 0 Å². The maximum absolute atomic E-state index is 13.7. The average Bonchev–Trinajstić information content (AvgIpc) is 3.33. The van der Waals surface area contributed by atoms with Crippen molar-refractivity contribution in [2.45, 2.75) is 70.2 Å². The second-order valence-electron chi connectivity index (χ2n) is 8.64. The zero-order chi connectivity index (χ0) is 22.1. The Bertz CT molecular complexity index is 695. The minimum absolute atomic E-state index is 0.0217. The number of rotatable bonds is 10. The van der Waals surface area contributed by atoms with Crippen LogP contribution in [0.2, 0.25) is 0 Å². The highest BCUT2D eigenvalue weighted by molar-refractivity contribution is 5.98. The van der Waals surface area contributed by atoms with Crippen LogP contribution in [0.15, 0.2) is 12.7 Å². The summed E-state index contributed by atoms with van der Waals surface area (Å²) in [5, 5.41) is 9.18. The molecule has 1 N–H and O–H groups in total. The number of nitrogens with zero attached hydrogens (tertiary/aromatic N) is 2. The third-order valence-corrected chi connectivity index (χ3v) is 6.63. The third-order valence-electron chi connectivity index (χ3n) is 6.63. The molecule has 1 spiro atoms. The fourth-order valence-electron chi connectivity index (χ4n) is 5.42. The van der Waals surface area contributed by atoms with Crippen molar-refractivity contribution >= 4 is 17.8 Å². The van der Waals surface area contributed by atoms with Gasteiger partial charge >= 0.3 is 5.97 Å². The van der Waals surface area contributed by atoms with Crippen LogP contribution in [0.1, 0.15) is 46.5 Å². The Morgan fingerprint density at radius 1 is 1.43 bits per heavy atom. The highest BCUT2D eigenvalue weighted by Crippen LogP contribution is 2.58. The van der Waals surface area contributed by atoms with E-state index in [0.717, 1.165) is 0 Å². The van der Waals surface area contributed by atoms with Crippen molar-refractivity contribution in [3.05, 3.63) is 12.7 Å². The van der Waals surface area contributed by atoms with Crippen LogP contribution in [0, 0.1) is 11.8 Å². The summed E-state index contributed by atoms with van der Waals surface area (Å²) >= 11 is 0. The van der Waals surface area contributed by atoms with Gasteiger partial charge in [0.2, 0.25) is 11.8 Å². The van der Waals surface area contributed by atoms with Gasteiger partial charge in [-0.2, -0.15) is 0 Å². The number of unbranched alkanes of at least 4 members (excludes halogenated alkanes) is 1. The summed E-state index contributed by atoms with van der Waals surface area (Å²) in [6.45, 7) is 10.3. The number of hydrogen-bond acceptors (Lipinski definition) is 6. The first-order chi connectivity index (χ1) is 14.3. The van der Waals surface area contributed by atoms with Gasteiger partial charge in [-0.3, -0.25) is 14.4 Å². The van der Waals surface area contributed by atoms with Crippen LogP contribution >= 0.6 is 0 Å². The Morgan fingerprint density at radius 3 is 2.77 bits per heavy atom. The first kappa shape index (κ1) is 22.7. The van der Waals surface area contributed by atoms with Crippen molar-refractivity contribution in [2.24, 2.45) is 11.8 Å². The third kappa shape index (κ3) is 3.54. The van der Waals surface area contributed by atoms with Gasteiger partial charge in [-0.25, -0.2) is 0 Å². The van der Waals surface area contributed by atoms with Gasteiger partial charge in [0, 0.05) is 25.7 Å². The van der Waals surface area contributed by atoms with Crippen LogP contribution < -0.4 is 0 Å². The molecule has 8 nitrogen and oxygen atoms in total. The predicted molar refractivity (Wildman–Crippen MR) is 109 cm³/mol. The van der Waals surface area contributed by atoms with Crippen molar-refractivity contribution in [2.75, 3.05) is 26.3 Å². The van der Waals surface area contributed by atoms with Gasteiger partial charge in [0.05, 0.1) is 24.5 Å². The summed E-state index contributed by atoms with van der Waals surface area (Å²) in [5.41, 5.74) is -0.996. The fourth-order valence-corrected chi connectivity index (χ4v) is 5.42. The number of aliphatic hydroxyl groups excluding tert-OH is 1. The quantitative estimate of drug-likeness (QED) is 0.322. The topological polar surface area (TPSA) is 96.4 Å². The number of aliphatic hydroxyl groups is 1. The first-order valence-corrected chi connectivity index (χ1v) is 11.0. The van der Waals surface area contributed by atoms with E-state index < -0.39 is 29.4 Å². The lowest BCUT2D eigenvalue weighted by molar-refractivity contribution is -0.155.